The van der Waals surface area contributed by atoms with Crippen molar-refractivity contribution < 1.29 is 19.1 Å². The second-order valence-corrected chi connectivity index (χ2v) is 7.25. The van der Waals surface area contributed by atoms with E-state index in [0.717, 1.165) is 11.4 Å². The van der Waals surface area contributed by atoms with Gasteiger partial charge in [0.05, 0.1) is 17.9 Å². The second-order valence-electron chi connectivity index (χ2n) is 7.25. The van der Waals surface area contributed by atoms with Gasteiger partial charge in [0.1, 0.15) is 18.3 Å². The minimum absolute atomic E-state index is 0.0274. The summed E-state index contributed by atoms with van der Waals surface area (Å²) in [4.78, 5) is 37.4. The lowest BCUT2D eigenvalue weighted by molar-refractivity contribution is -0.130. The van der Waals surface area contributed by atoms with Gasteiger partial charge in [-0.15, -0.1) is 0 Å². The fourth-order valence-corrected chi connectivity index (χ4v) is 2.91. The van der Waals surface area contributed by atoms with Crippen LogP contribution in [0.5, 0.6) is 5.75 Å². The summed E-state index contributed by atoms with van der Waals surface area (Å²) >= 11 is 0. The highest BCUT2D eigenvalue weighted by atomic mass is 16.5. The maximum atomic E-state index is 12.7. The highest BCUT2D eigenvalue weighted by Gasteiger charge is 2.26. The van der Waals surface area contributed by atoms with Crippen molar-refractivity contribution in [3.63, 3.8) is 0 Å². The van der Waals surface area contributed by atoms with Crippen LogP contribution in [-0.2, 0) is 16.1 Å². The Morgan fingerprint density at radius 1 is 1.13 bits per heavy atom. The van der Waals surface area contributed by atoms with E-state index in [1.807, 2.05) is 26.8 Å². The summed E-state index contributed by atoms with van der Waals surface area (Å²) in [5, 5.41) is 6.93. The third-order valence-corrected chi connectivity index (χ3v) is 4.39. The van der Waals surface area contributed by atoms with E-state index < -0.39 is 23.8 Å². The molecule has 1 heterocycles. The summed E-state index contributed by atoms with van der Waals surface area (Å²) in [7, 11) is 0. The number of aromatic nitrogens is 2. The van der Waals surface area contributed by atoms with E-state index in [9.17, 15) is 14.4 Å². The number of nitrogens with one attached hydrogen (secondary N) is 3. The maximum Gasteiger partial charge on any atom is 0.261 e. The number of rotatable bonds is 8. The van der Waals surface area contributed by atoms with Crippen molar-refractivity contribution in [2.75, 3.05) is 6.61 Å². The number of hydrogen-bond donors (Lipinski definition) is 3. The van der Waals surface area contributed by atoms with Crippen LogP contribution in [0.3, 0.4) is 0 Å². The van der Waals surface area contributed by atoms with Crippen molar-refractivity contribution >= 4 is 17.7 Å². The van der Waals surface area contributed by atoms with Crippen LogP contribution in [0.2, 0.25) is 0 Å². The molecule has 9 nitrogen and oxygen atoms in total. The number of carbonyl (C=O) groups excluding carboxylic acids is 3. The third-order valence-electron chi connectivity index (χ3n) is 4.39. The van der Waals surface area contributed by atoms with Gasteiger partial charge >= 0.3 is 0 Å². The number of amides is 3. The minimum Gasteiger partial charge on any atom is -0.493 e. The molecule has 1 atom stereocenters. The number of hydrogen-bond acceptors (Lipinski definition) is 5. The van der Waals surface area contributed by atoms with Crippen molar-refractivity contribution in [2.24, 2.45) is 5.92 Å². The Kier molecular flexibility index (Phi) is 7.97. The fourth-order valence-electron chi connectivity index (χ4n) is 2.91. The molecule has 0 saturated carbocycles. The number of nitrogens with zero attached hydrogens (tertiary/aromatic N) is 2. The van der Waals surface area contributed by atoms with Gasteiger partial charge in [0.25, 0.3) is 17.7 Å². The van der Waals surface area contributed by atoms with E-state index in [1.54, 1.807) is 42.8 Å². The van der Waals surface area contributed by atoms with Crippen molar-refractivity contribution in [3.05, 3.63) is 47.3 Å². The summed E-state index contributed by atoms with van der Waals surface area (Å²) in [6.45, 7) is 9.50. The van der Waals surface area contributed by atoms with Gasteiger partial charge < -0.3 is 10.1 Å². The van der Waals surface area contributed by atoms with Gasteiger partial charge in [0, 0.05) is 5.69 Å². The lowest BCUT2D eigenvalue weighted by Crippen LogP contribution is -2.54. The quantitative estimate of drug-likeness (QED) is 0.566. The number of benzene rings is 1. The molecule has 3 N–H and O–H groups in total. The number of ether oxygens (including phenoxy) is 1. The van der Waals surface area contributed by atoms with E-state index in [4.69, 9.17) is 4.74 Å². The van der Waals surface area contributed by atoms with Crippen LogP contribution in [0.1, 0.15) is 42.5 Å². The highest BCUT2D eigenvalue weighted by Crippen LogP contribution is 2.18. The average molecular weight is 415 g/mol. The number of hydrazine groups is 1. The molecule has 0 aliphatic heterocycles. The van der Waals surface area contributed by atoms with E-state index in [-0.39, 0.29) is 12.5 Å². The molecule has 0 bridgehead atoms. The predicted octanol–water partition coefficient (Wildman–Crippen LogP) is 1.50. The van der Waals surface area contributed by atoms with Crippen molar-refractivity contribution in [1.82, 2.24) is 25.9 Å². The number of carbonyl (C=O) groups is 3. The molecule has 0 spiro atoms. The van der Waals surface area contributed by atoms with Gasteiger partial charge in [-0.1, -0.05) is 26.0 Å². The number of aryl methyl sites for hydroxylation is 2. The molecule has 0 unspecified atom stereocenters. The Morgan fingerprint density at radius 2 is 1.83 bits per heavy atom. The van der Waals surface area contributed by atoms with Crippen LogP contribution < -0.4 is 20.9 Å². The molecule has 0 radical (unpaired) electrons. The molecule has 9 heteroatoms. The van der Waals surface area contributed by atoms with Crippen molar-refractivity contribution in [1.29, 1.82) is 0 Å². The van der Waals surface area contributed by atoms with Gasteiger partial charge in [0.15, 0.2) is 0 Å². The van der Waals surface area contributed by atoms with Crippen LogP contribution in [0.15, 0.2) is 30.3 Å². The average Bonchev–Trinajstić information content (AvgIpc) is 3.01. The third kappa shape index (κ3) is 6.07. The molecule has 0 fully saturated rings. The molecule has 162 valence electrons. The summed E-state index contributed by atoms with van der Waals surface area (Å²) < 4.78 is 7.03. The summed E-state index contributed by atoms with van der Waals surface area (Å²) in [5.41, 5.74) is 6.74. The van der Waals surface area contributed by atoms with E-state index in [0.29, 0.717) is 17.9 Å². The summed E-state index contributed by atoms with van der Waals surface area (Å²) in [5.74, 6) is -1.14. The molecule has 2 rings (SSSR count). The van der Waals surface area contributed by atoms with Gasteiger partial charge in [0.2, 0.25) is 0 Å². The van der Waals surface area contributed by atoms with Crippen LogP contribution in [-0.4, -0.2) is 40.2 Å². The molecule has 30 heavy (non-hydrogen) atoms. The Bertz CT molecular complexity index is 907. The first-order chi connectivity index (χ1) is 14.2. The van der Waals surface area contributed by atoms with Crippen LogP contribution >= 0.6 is 0 Å². The van der Waals surface area contributed by atoms with E-state index in [1.165, 1.54) is 0 Å². The Hall–Kier alpha value is -3.36. The van der Waals surface area contributed by atoms with Crippen LogP contribution in [0.4, 0.5) is 0 Å². The molecule has 0 aliphatic rings. The van der Waals surface area contributed by atoms with Gasteiger partial charge in [-0.2, -0.15) is 5.10 Å². The Morgan fingerprint density at radius 3 is 2.43 bits per heavy atom. The normalized spacial score (nSPS) is 11.7. The molecule has 2 aromatic rings. The molecule has 3 amide bonds. The molecular formula is C21H29N5O4. The molecule has 0 aliphatic carbocycles. The first-order valence-electron chi connectivity index (χ1n) is 9.85. The predicted molar refractivity (Wildman–Crippen MR) is 112 cm³/mol. The maximum absolute atomic E-state index is 12.7. The molecular weight excluding hydrogens is 386 g/mol. The van der Waals surface area contributed by atoms with Crippen molar-refractivity contribution in [2.45, 2.75) is 47.2 Å². The van der Waals surface area contributed by atoms with Gasteiger partial charge in [-0.25, -0.2) is 0 Å². The SMILES string of the molecule is CCOc1ccccc1C(=O)N[C@H](C(=O)NNC(=O)Cn1nc(C)cc1C)C(C)C. The lowest BCUT2D eigenvalue weighted by atomic mass is 10.0. The second kappa shape index (κ2) is 10.4. The van der Waals surface area contributed by atoms with E-state index >= 15 is 0 Å². The zero-order valence-electron chi connectivity index (χ0n) is 18.0. The Labute approximate surface area is 176 Å². The zero-order chi connectivity index (χ0) is 22.3. The number of para-hydroxylation sites is 1. The molecule has 1 aromatic carbocycles. The standard InChI is InChI=1S/C21H29N5O4/c1-6-30-17-10-8-7-9-16(17)20(28)22-19(13(2)3)21(29)24-23-18(27)12-26-15(5)11-14(4)25-26/h7-11,13,19H,6,12H2,1-5H3,(H,22,28)(H,23,27)(H,24,29)/t19-/m0/s1. The first-order valence-corrected chi connectivity index (χ1v) is 9.85. The molecule has 0 saturated heterocycles. The van der Waals surface area contributed by atoms with Gasteiger partial charge in [-0.3, -0.25) is 29.9 Å². The van der Waals surface area contributed by atoms with Gasteiger partial charge in [-0.05, 0) is 44.9 Å². The zero-order valence-corrected chi connectivity index (χ0v) is 18.0. The van der Waals surface area contributed by atoms with Crippen LogP contribution in [0, 0.1) is 19.8 Å². The fraction of sp³-hybridized carbons (Fsp3) is 0.429. The Balaban J connectivity index is 1.98. The minimum atomic E-state index is -0.846. The lowest BCUT2D eigenvalue weighted by Gasteiger charge is -2.22. The highest BCUT2D eigenvalue weighted by molar-refractivity contribution is 5.99. The largest absolute Gasteiger partial charge is 0.493 e. The van der Waals surface area contributed by atoms with Crippen LogP contribution in [0.25, 0.3) is 0 Å². The van der Waals surface area contributed by atoms with Crippen molar-refractivity contribution in [3.8, 4) is 5.75 Å². The monoisotopic (exact) mass is 415 g/mol. The smallest absolute Gasteiger partial charge is 0.261 e. The van der Waals surface area contributed by atoms with E-state index in [2.05, 4.69) is 21.3 Å². The topological polar surface area (TPSA) is 114 Å². The summed E-state index contributed by atoms with van der Waals surface area (Å²) in [6, 6.07) is 7.83. The summed E-state index contributed by atoms with van der Waals surface area (Å²) in [6.07, 6.45) is 0. The molecule has 1 aromatic heterocycles. The first kappa shape index (κ1) is 22.9.